The molecule has 7 nitrogen and oxygen atoms in total. The fourth-order valence-electron chi connectivity index (χ4n) is 3.56. The highest BCUT2D eigenvalue weighted by atomic mass is 32.1. The van der Waals surface area contributed by atoms with Gasteiger partial charge in [-0.2, -0.15) is 0 Å². The van der Waals surface area contributed by atoms with Gasteiger partial charge in [0, 0.05) is 29.6 Å². The maximum Gasteiger partial charge on any atom is 0.337 e. The first-order valence-corrected chi connectivity index (χ1v) is 11.3. The van der Waals surface area contributed by atoms with Gasteiger partial charge in [-0.15, -0.1) is 11.3 Å². The standard InChI is InChI=1S/C25H23N3O4S/c1-15-4-6-17(7-5-15)19-13-33-23-22(19)24(30)28(14-26-23)11-10-21(29)27-20-9-8-18(12-16(20)2)25(31)32-3/h4-9,12-14H,10-11H2,1-3H3,(H,27,29). The van der Waals surface area contributed by atoms with Crippen LogP contribution in [0.15, 0.2) is 59.0 Å². The van der Waals surface area contributed by atoms with Crippen LogP contribution in [0.2, 0.25) is 0 Å². The van der Waals surface area contributed by atoms with E-state index >= 15 is 0 Å². The Bertz CT molecular complexity index is 1400. The van der Waals surface area contributed by atoms with Gasteiger partial charge in [-0.05, 0) is 43.2 Å². The molecule has 2 aromatic heterocycles. The van der Waals surface area contributed by atoms with Gasteiger partial charge in [0.15, 0.2) is 0 Å². The predicted octanol–water partition coefficient (Wildman–Crippen LogP) is 4.56. The van der Waals surface area contributed by atoms with Crippen molar-refractivity contribution in [3.63, 3.8) is 0 Å². The minimum Gasteiger partial charge on any atom is -0.465 e. The summed E-state index contributed by atoms with van der Waals surface area (Å²) in [5.74, 6) is -0.670. The Balaban J connectivity index is 1.50. The van der Waals surface area contributed by atoms with E-state index in [0.29, 0.717) is 21.5 Å². The number of carbonyl (C=O) groups is 2. The van der Waals surface area contributed by atoms with E-state index in [-0.39, 0.29) is 24.4 Å². The molecule has 2 aromatic carbocycles. The van der Waals surface area contributed by atoms with Gasteiger partial charge in [-0.25, -0.2) is 9.78 Å². The zero-order valence-electron chi connectivity index (χ0n) is 18.5. The number of carbonyl (C=O) groups excluding carboxylic acids is 2. The molecule has 168 valence electrons. The number of ether oxygens (including phenoxy) is 1. The first-order chi connectivity index (χ1) is 15.9. The summed E-state index contributed by atoms with van der Waals surface area (Å²) < 4.78 is 6.19. The van der Waals surface area contributed by atoms with Crippen LogP contribution in [0, 0.1) is 13.8 Å². The van der Waals surface area contributed by atoms with Gasteiger partial charge >= 0.3 is 5.97 Å². The van der Waals surface area contributed by atoms with E-state index in [4.69, 9.17) is 4.74 Å². The summed E-state index contributed by atoms with van der Waals surface area (Å²) in [5.41, 5.74) is 4.57. The Morgan fingerprint density at radius 3 is 2.58 bits per heavy atom. The fraction of sp³-hybridized carbons (Fsp3) is 0.200. The van der Waals surface area contributed by atoms with Gasteiger partial charge in [0.05, 0.1) is 24.4 Å². The van der Waals surface area contributed by atoms with E-state index in [9.17, 15) is 14.4 Å². The first kappa shape index (κ1) is 22.4. The number of thiophene rings is 1. The molecule has 0 saturated heterocycles. The maximum atomic E-state index is 13.2. The summed E-state index contributed by atoms with van der Waals surface area (Å²) in [5, 5.41) is 5.35. The van der Waals surface area contributed by atoms with Crippen molar-refractivity contribution in [1.82, 2.24) is 9.55 Å². The number of aryl methyl sites for hydroxylation is 3. The van der Waals surface area contributed by atoms with Crippen molar-refractivity contribution in [2.45, 2.75) is 26.8 Å². The molecule has 1 amide bonds. The molecule has 0 unspecified atom stereocenters. The number of esters is 1. The second-order valence-electron chi connectivity index (χ2n) is 7.76. The lowest BCUT2D eigenvalue weighted by Gasteiger charge is -2.10. The quantitative estimate of drug-likeness (QED) is 0.425. The first-order valence-electron chi connectivity index (χ1n) is 10.4. The van der Waals surface area contributed by atoms with Crippen molar-refractivity contribution >= 4 is 39.1 Å². The highest BCUT2D eigenvalue weighted by Crippen LogP contribution is 2.30. The summed E-state index contributed by atoms with van der Waals surface area (Å²) in [6, 6.07) is 12.9. The molecule has 4 aromatic rings. The Kier molecular flexibility index (Phi) is 6.37. The number of anilines is 1. The van der Waals surface area contributed by atoms with Crippen LogP contribution in [0.5, 0.6) is 0 Å². The molecule has 8 heteroatoms. The van der Waals surface area contributed by atoms with Crippen molar-refractivity contribution in [1.29, 1.82) is 0 Å². The molecular formula is C25H23N3O4S. The van der Waals surface area contributed by atoms with Crippen molar-refractivity contribution in [3.8, 4) is 11.1 Å². The Hall–Kier alpha value is -3.78. The molecule has 1 N–H and O–H groups in total. The van der Waals surface area contributed by atoms with Crippen molar-refractivity contribution in [2.24, 2.45) is 0 Å². The molecule has 0 fully saturated rings. The van der Waals surface area contributed by atoms with Crippen LogP contribution in [0.25, 0.3) is 21.3 Å². The summed E-state index contributed by atoms with van der Waals surface area (Å²) in [6.45, 7) is 4.02. The van der Waals surface area contributed by atoms with Gasteiger partial charge in [-0.1, -0.05) is 29.8 Å². The Morgan fingerprint density at radius 1 is 1.12 bits per heavy atom. The Labute approximate surface area is 194 Å². The van der Waals surface area contributed by atoms with Crippen LogP contribution in [0.1, 0.15) is 27.9 Å². The monoisotopic (exact) mass is 461 g/mol. The maximum absolute atomic E-state index is 13.2. The second-order valence-corrected chi connectivity index (χ2v) is 8.62. The summed E-state index contributed by atoms with van der Waals surface area (Å²) in [7, 11) is 1.32. The lowest BCUT2D eigenvalue weighted by atomic mass is 10.1. The molecule has 4 rings (SSSR count). The minimum absolute atomic E-state index is 0.106. The Morgan fingerprint density at radius 2 is 1.88 bits per heavy atom. The molecule has 0 spiro atoms. The molecule has 33 heavy (non-hydrogen) atoms. The number of hydrogen-bond donors (Lipinski definition) is 1. The average Bonchev–Trinajstić information content (AvgIpc) is 3.25. The molecule has 0 aliphatic heterocycles. The zero-order valence-corrected chi connectivity index (χ0v) is 19.4. The number of methoxy groups -OCH3 is 1. The molecule has 0 atom stereocenters. The second kappa shape index (κ2) is 9.38. The molecule has 0 aliphatic rings. The van der Waals surface area contributed by atoms with E-state index in [0.717, 1.165) is 22.3 Å². The van der Waals surface area contributed by atoms with E-state index in [2.05, 4.69) is 10.3 Å². The van der Waals surface area contributed by atoms with Gasteiger partial charge < -0.3 is 10.1 Å². The number of benzene rings is 2. The van der Waals surface area contributed by atoms with Crippen molar-refractivity contribution < 1.29 is 14.3 Å². The SMILES string of the molecule is COC(=O)c1ccc(NC(=O)CCn2cnc3scc(-c4ccc(C)cc4)c3c2=O)c(C)c1. The topological polar surface area (TPSA) is 90.3 Å². The lowest BCUT2D eigenvalue weighted by molar-refractivity contribution is -0.116. The van der Waals surface area contributed by atoms with Crippen LogP contribution in [-0.2, 0) is 16.1 Å². The van der Waals surface area contributed by atoms with Crippen LogP contribution in [0.4, 0.5) is 5.69 Å². The van der Waals surface area contributed by atoms with E-state index in [1.807, 2.05) is 36.6 Å². The number of hydrogen-bond acceptors (Lipinski definition) is 6. The number of nitrogens with one attached hydrogen (secondary N) is 1. The van der Waals surface area contributed by atoms with E-state index < -0.39 is 5.97 Å². The van der Waals surface area contributed by atoms with Gasteiger partial charge in [0.2, 0.25) is 5.91 Å². The molecule has 0 radical (unpaired) electrons. The van der Waals surface area contributed by atoms with Crippen molar-refractivity contribution in [3.05, 3.63) is 81.2 Å². The van der Waals surface area contributed by atoms with Crippen LogP contribution < -0.4 is 10.9 Å². The van der Waals surface area contributed by atoms with Gasteiger partial charge in [0.1, 0.15) is 4.83 Å². The normalized spacial score (nSPS) is 10.9. The minimum atomic E-state index is -0.434. The highest BCUT2D eigenvalue weighted by Gasteiger charge is 2.15. The smallest absolute Gasteiger partial charge is 0.337 e. The molecular weight excluding hydrogens is 438 g/mol. The van der Waals surface area contributed by atoms with Gasteiger partial charge in [-0.3, -0.25) is 14.2 Å². The lowest BCUT2D eigenvalue weighted by Crippen LogP contribution is -2.23. The summed E-state index contributed by atoms with van der Waals surface area (Å²) in [6.07, 6.45) is 1.60. The number of amides is 1. The fourth-order valence-corrected chi connectivity index (χ4v) is 4.46. The highest BCUT2D eigenvalue weighted by molar-refractivity contribution is 7.17. The van der Waals surface area contributed by atoms with Crippen LogP contribution in [0.3, 0.4) is 0 Å². The number of rotatable bonds is 6. The molecule has 2 heterocycles. The summed E-state index contributed by atoms with van der Waals surface area (Å²) in [4.78, 5) is 42.4. The third-order valence-electron chi connectivity index (χ3n) is 5.42. The summed E-state index contributed by atoms with van der Waals surface area (Å²) >= 11 is 1.43. The number of aromatic nitrogens is 2. The third-order valence-corrected chi connectivity index (χ3v) is 6.31. The molecule has 0 aliphatic carbocycles. The molecule has 0 bridgehead atoms. The molecule has 0 saturated carbocycles. The average molecular weight is 462 g/mol. The number of nitrogens with zero attached hydrogens (tertiary/aromatic N) is 2. The van der Waals surface area contributed by atoms with Crippen LogP contribution >= 0.6 is 11.3 Å². The van der Waals surface area contributed by atoms with E-state index in [1.54, 1.807) is 25.1 Å². The predicted molar refractivity (Wildman–Crippen MR) is 130 cm³/mol. The van der Waals surface area contributed by atoms with Crippen LogP contribution in [-0.4, -0.2) is 28.5 Å². The van der Waals surface area contributed by atoms with Crippen molar-refractivity contribution in [2.75, 3.05) is 12.4 Å². The number of fused-ring (bicyclic) bond motifs is 1. The largest absolute Gasteiger partial charge is 0.465 e. The zero-order chi connectivity index (χ0) is 23.5. The van der Waals surface area contributed by atoms with E-state index in [1.165, 1.54) is 29.3 Å². The van der Waals surface area contributed by atoms with Gasteiger partial charge in [0.25, 0.3) is 5.56 Å². The third kappa shape index (κ3) is 4.70.